The zero-order chi connectivity index (χ0) is 17.2. The molecule has 24 heavy (non-hydrogen) atoms. The van der Waals surface area contributed by atoms with Gasteiger partial charge in [0, 0.05) is 12.1 Å². The molecule has 1 saturated carbocycles. The largest absolute Gasteiger partial charge is 0.330 e. The summed E-state index contributed by atoms with van der Waals surface area (Å²) in [5.41, 5.74) is -0.0967. The second-order valence-corrected chi connectivity index (χ2v) is 8.59. The van der Waals surface area contributed by atoms with Gasteiger partial charge in [0.2, 0.25) is 10.0 Å². The smallest absolute Gasteiger partial charge is 0.269 e. The summed E-state index contributed by atoms with van der Waals surface area (Å²) in [7, 11) is -3.56. The molecule has 132 valence electrons. The van der Waals surface area contributed by atoms with Gasteiger partial charge in [0.1, 0.15) is 0 Å². The second kappa shape index (κ2) is 7.16. The van der Waals surface area contributed by atoms with E-state index in [0.29, 0.717) is 19.1 Å². The van der Waals surface area contributed by atoms with Crippen LogP contribution < -0.4 is 4.90 Å². The van der Waals surface area contributed by atoms with Crippen molar-refractivity contribution >= 4 is 15.7 Å². The Labute approximate surface area is 142 Å². The Kier molecular flexibility index (Phi) is 5.17. The van der Waals surface area contributed by atoms with Crippen LogP contribution in [0.15, 0.2) is 29.2 Å². The lowest BCUT2D eigenvalue weighted by molar-refractivity contribution is -0.930. The molecule has 2 aliphatic rings. The van der Waals surface area contributed by atoms with Crippen LogP contribution in [0.4, 0.5) is 5.69 Å². The number of quaternary nitrogens is 1. The van der Waals surface area contributed by atoms with Crippen LogP contribution in [0, 0.1) is 10.1 Å². The predicted octanol–water partition coefficient (Wildman–Crippen LogP) is 0.817. The summed E-state index contributed by atoms with van der Waals surface area (Å²) < 4.78 is 26.9. The molecular formula is C16H24N3O4S+. The van der Waals surface area contributed by atoms with Crippen molar-refractivity contribution in [1.82, 2.24) is 4.31 Å². The summed E-state index contributed by atoms with van der Waals surface area (Å²) in [6.07, 6.45) is 6.41. The highest BCUT2D eigenvalue weighted by atomic mass is 32.2. The van der Waals surface area contributed by atoms with E-state index >= 15 is 0 Å². The molecule has 1 aliphatic heterocycles. The third-order valence-electron chi connectivity index (χ3n) is 5.23. The van der Waals surface area contributed by atoms with Gasteiger partial charge in [-0.05, 0) is 37.8 Å². The fourth-order valence-corrected chi connectivity index (χ4v) is 5.26. The average Bonchev–Trinajstić information content (AvgIpc) is 2.62. The highest BCUT2D eigenvalue weighted by Crippen LogP contribution is 2.20. The third kappa shape index (κ3) is 3.60. The van der Waals surface area contributed by atoms with Gasteiger partial charge in [-0.25, -0.2) is 8.42 Å². The van der Waals surface area contributed by atoms with Crippen molar-refractivity contribution in [2.45, 2.75) is 43.0 Å². The van der Waals surface area contributed by atoms with Crippen LogP contribution in [-0.2, 0) is 10.0 Å². The van der Waals surface area contributed by atoms with E-state index in [4.69, 9.17) is 0 Å². The summed E-state index contributed by atoms with van der Waals surface area (Å²) in [4.78, 5) is 11.8. The first-order valence-corrected chi connectivity index (χ1v) is 10.0. The molecule has 0 unspecified atom stereocenters. The van der Waals surface area contributed by atoms with Crippen LogP contribution in [0.5, 0.6) is 0 Å². The molecule has 3 rings (SSSR count). The predicted molar refractivity (Wildman–Crippen MR) is 89.4 cm³/mol. The van der Waals surface area contributed by atoms with Crippen molar-refractivity contribution < 1.29 is 18.2 Å². The number of benzene rings is 1. The number of hydrogen-bond acceptors (Lipinski definition) is 4. The monoisotopic (exact) mass is 354 g/mol. The van der Waals surface area contributed by atoms with E-state index < -0.39 is 14.9 Å². The molecule has 2 fully saturated rings. The maximum Gasteiger partial charge on any atom is 0.269 e. The molecule has 8 heteroatoms. The highest BCUT2D eigenvalue weighted by molar-refractivity contribution is 7.89. The number of nitrogens with one attached hydrogen (secondary N) is 1. The van der Waals surface area contributed by atoms with Crippen molar-refractivity contribution in [3.8, 4) is 0 Å². The van der Waals surface area contributed by atoms with Gasteiger partial charge in [-0.1, -0.05) is 6.42 Å². The quantitative estimate of drug-likeness (QED) is 0.641. The first kappa shape index (κ1) is 17.3. The Morgan fingerprint density at radius 2 is 1.62 bits per heavy atom. The van der Waals surface area contributed by atoms with E-state index in [2.05, 4.69) is 0 Å². The van der Waals surface area contributed by atoms with Crippen molar-refractivity contribution in [3.63, 3.8) is 0 Å². The van der Waals surface area contributed by atoms with Crippen molar-refractivity contribution in [1.29, 1.82) is 0 Å². The summed E-state index contributed by atoms with van der Waals surface area (Å²) >= 11 is 0. The van der Waals surface area contributed by atoms with Crippen LogP contribution in [-0.4, -0.2) is 49.9 Å². The van der Waals surface area contributed by atoms with Crippen LogP contribution in [0.3, 0.4) is 0 Å². The molecule has 1 aromatic rings. The number of non-ortho nitro benzene ring substituents is 1. The summed E-state index contributed by atoms with van der Waals surface area (Å²) in [5.74, 6) is 0. The number of nitrogens with zero attached hydrogens (tertiary/aromatic N) is 2. The maximum atomic E-state index is 12.7. The normalized spacial score (nSPS) is 21.7. The van der Waals surface area contributed by atoms with Gasteiger partial charge in [0.05, 0.1) is 42.0 Å². The molecule has 7 nitrogen and oxygen atoms in total. The number of hydrogen-bond donors (Lipinski definition) is 1. The maximum absolute atomic E-state index is 12.7. The van der Waals surface area contributed by atoms with E-state index in [1.807, 2.05) is 0 Å². The molecule has 0 aromatic heterocycles. The molecule has 1 aromatic carbocycles. The van der Waals surface area contributed by atoms with Crippen LogP contribution in [0.2, 0.25) is 0 Å². The molecule has 1 saturated heterocycles. The zero-order valence-corrected chi connectivity index (χ0v) is 14.5. The van der Waals surface area contributed by atoms with Crippen molar-refractivity contribution in [2.24, 2.45) is 0 Å². The minimum Gasteiger partial charge on any atom is -0.330 e. The van der Waals surface area contributed by atoms with Crippen LogP contribution >= 0.6 is 0 Å². The zero-order valence-electron chi connectivity index (χ0n) is 13.7. The number of rotatable bonds is 4. The fourth-order valence-electron chi connectivity index (χ4n) is 3.82. The Bertz CT molecular complexity index is 676. The van der Waals surface area contributed by atoms with E-state index in [1.165, 1.54) is 65.6 Å². The number of sulfonamides is 1. The molecule has 0 bridgehead atoms. The van der Waals surface area contributed by atoms with Gasteiger partial charge in [-0.3, -0.25) is 10.1 Å². The van der Waals surface area contributed by atoms with Crippen molar-refractivity contribution in [3.05, 3.63) is 34.4 Å². The Morgan fingerprint density at radius 1 is 1.04 bits per heavy atom. The molecule has 0 spiro atoms. The molecule has 0 radical (unpaired) electrons. The summed E-state index contributed by atoms with van der Waals surface area (Å²) in [6, 6.07) is 5.83. The van der Waals surface area contributed by atoms with E-state index in [9.17, 15) is 18.5 Å². The minimum absolute atomic E-state index is 0.0967. The van der Waals surface area contributed by atoms with Gasteiger partial charge in [-0.2, -0.15) is 4.31 Å². The molecule has 0 amide bonds. The minimum atomic E-state index is -3.56. The lowest BCUT2D eigenvalue weighted by atomic mass is 9.94. The first-order valence-electron chi connectivity index (χ1n) is 8.57. The molecule has 0 atom stereocenters. The van der Waals surface area contributed by atoms with Crippen LogP contribution in [0.25, 0.3) is 0 Å². The van der Waals surface area contributed by atoms with E-state index in [1.54, 1.807) is 0 Å². The number of nitro benzene ring substituents is 1. The topological polar surface area (TPSA) is 85.0 Å². The van der Waals surface area contributed by atoms with Gasteiger partial charge in [0.15, 0.2) is 0 Å². The number of nitro groups is 1. The Hall–Kier alpha value is -1.51. The van der Waals surface area contributed by atoms with Gasteiger partial charge in [-0.15, -0.1) is 0 Å². The SMILES string of the molecule is O=[N+]([O-])c1ccc(S(=O)(=O)N2CC[NH+](C3CCCCC3)CC2)cc1. The molecule has 1 heterocycles. The average molecular weight is 354 g/mol. The van der Waals surface area contributed by atoms with Crippen molar-refractivity contribution in [2.75, 3.05) is 26.2 Å². The number of piperazine rings is 1. The summed E-state index contributed by atoms with van der Waals surface area (Å²) in [5, 5.41) is 10.7. The van der Waals surface area contributed by atoms with Crippen LogP contribution in [0.1, 0.15) is 32.1 Å². The molecular weight excluding hydrogens is 330 g/mol. The van der Waals surface area contributed by atoms with Gasteiger partial charge < -0.3 is 4.90 Å². The second-order valence-electron chi connectivity index (χ2n) is 6.65. The Balaban J connectivity index is 1.65. The van der Waals surface area contributed by atoms with Gasteiger partial charge in [0.25, 0.3) is 5.69 Å². The molecule has 1 aliphatic carbocycles. The fraction of sp³-hybridized carbons (Fsp3) is 0.625. The van der Waals surface area contributed by atoms with E-state index in [-0.39, 0.29) is 10.6 Å². The van der Waals surface area contributed by atoms with Gasteiger partial charge >= 0.3 is 0 Å². The molecule has 1 N–H and O–H groups in total. The van der Waals surface area contributed by atoms with E-state index in [0.717, 1.165) is 13.1 Å². The Morgan fingerprint density at radius 3 is 2.17 bits per heavy atom. The lowest BCUT2D eigenvalue weighted by Crippen LogP contribution is -3.18. The standard InChI is InChI=1S/C16H23N3O4S/c20-19(21)15-6-8-16(9-7-15)24(22,23)18-12-10-17(11-13-18)14-4-2-1-3-5-14/h6-9,14H,1-5,10-13H2/p+1. The third-order valence-corrected chi connectivity index (χ3v) is 7.15. The lowest BCUT2D eigenvalue weighted by Gasteiger charge is -2.37. The highest BCUT2D eigenvalue weighted by Gasteiger charge is 2.34. The summed E-state index contributed by atoms with van der Waals surface area (Å²) in [6.45, 7) is 2.73. The first-order chi connectivity index (χ1) is 11.5.